The van der Waals surface area contributed by atoms with E-state index in [0.29, 0.717) is 12.1 Å². The second kappa shape index (κ2) is 12.7. The number of nitrogens with one attached hydrogen (secondary N) is 3. The van der Waals surface area contributed by atoms with Gasteiger partial charge in [0, 0.05) is 44.3 Å². The maximum atomic E-state index is 11.9. The second-order valence-electron chi connectivity index (χ2n) is 7.54. The van der Waals surface area contributed by atoms with E-state index < -0.39 is 5.91 Å². The van der Waals surface area contributed by atoms with Gasteiger partial charge in [0.15, 0.2) is 5.96 Å². The molecule has 0 unspecified atom stereocenters. The third kappa shape index (κ3) is 8.44. The number of amides is 2. The highest BCUT2D eigenvalue weighted by atomic mass is 127. The molecule has 10 heteroatoms. The van der Waals surface area contributed by atoms with E-state index in [4.69, 9.17) is 10.5 Å². The van der Waals surface area contributed by atoms with E-state index in [1.807, 2.05) is 12.1 Å². The fourth-order valence-electron chi connectivity index (χ4n) is 3.03. The Morgan fingerprint density at radius 1 is 1.13 bits per heavy atom. The Labute approximate surface area is 195 Å². The molecule has 30 heavy (non-hydrogen) atoms. The van der Waals surface area contributed by atoms with Gasteiger partial charge in [-0.05, 0) is 31.5 Å². The molecule has 5 N–H and O–H groups in total. The van der Waals surface area contributed by atoms with Crippen molar-refractivity contribution in [2.45, 2.75) is 25.9 Å². The molecular formula is C20H33IN6O3. The van der Waals surface area contributed by atoms with E-state index in [9.17, 15) is 9.59 Å². The molecule has 1 aromatic carbocycles. The molecule has 0 radical (unpaired) electrons. The van der Waals surface area contributed by atoms with Crippen LogP contribution in [0.3, 0.4) is 0 Å². The van der Waals surface area contributed by atoms with Gasteiger partial charge in [0.2, 0.25) is 5.91 Å². The maximum Gasteiger partial charge on any atom is 0.251 e. The van der Waals surface area contributed by atoms with Gasteiger partial charge in [0.05, 0.1) is 19.8 Å². The van der Waals surface area contributed by atoms with Crippen molar-refractivity contribution in [2.75, 3.05) is 46.4 Å². The minimum Gasteiger partial charge on any atom is -0.379 e. The molecule has 0 bridgehead atoms. The largest absolute Gasteiger partial charge is 0.379 e. The molecule has 1 aromatic rings. The Morgan fingerprint density at radius 3 is 2.33 bits per heavy atom. The molecule has 9 nitrogen and oxygen atoms in total. The molecule has 0 saturated carbocycles. The highest BCUT2D eigenvalue weighted by Gasteiger charge is 2.28. The Morgan fingerprint density at radius 2 is 1.77 bits per heavy atom. The first-order valence-corrected chi connectivity index (χ1v) is 9.74. The summed E-state index contributed by atoms with van der Waals surface area (Å²) in [6, 6.07) is 7.14. The Kier molecular flexibility index (Phi) is 11.1. The van der Waals surface area contributed by atoms with Crippen LogP contribution in [0.25, 0.3) is 0 Å². The van der Waals surface area contributed by atoms with Crippen molar-refractivity contribution in [2.24, 2.45) is 10.7 Å². The summed E-state index contributed by atoms with van der Waals surface area (Å²) in [5, 5.41) is 9.13. The van der Waals surface area contributed by atoms with Crippen LogP contribution in [0.15, 0.2) is 29.3 Å². The topological polar surface area (TPSA) is 121 Å². The zero-order valence-corrected chi connectivity index (χ0v) is 20.2. The standard InChI is InChI=1S/C20H32N6O3.HI/c1-20(2,26-8-10-29-11-9-26)14-25-19(22-3)24-12-15-4-6-16(7-5-15)18(28)23-13-17(21)27;/h4-7H,8-14H2,1-3H3,(H2,21,27)(H,23,28)(H2,22,24,25);1H. The van der Waals surface area contributed by atoms with Crippen molar-refractivity contribution in [3.63, 3.8) is 0 Å². The quantitative estimate of drug-likeness (QED) is 0.217. The highest BCUT2D eigenvalue weighted by Crippen LogP contribution is 2.15. The molecule has 0 spiro atoms. The van der Waals surface area contributed by atoms with Crippen LogP contribution in [0.2, 0.25) is 0 Å². The zero-order chi connectivity index (χ0) is 21.3. The minimum atomic E-state index is -0.574. The summed E-state index contributed by atoms with van der Waals surface area (Å²) in [5.41, 5.74) is 6.50. The maximum absolute atomic E-state index is 11.9. The molecule has 0 atom stereocenters. The van der Waals surface area contributed by atoms with Gasteiger partial charge in [-0.15, -0.1) is 24.0 Å². The van der Waals surface area contributed by atoms with Crippen LogP contribution >= 0.6 is 24.0 Å². The monoisotopic (exact) mass is 532 g/mol. The number of hydrogen-bond acceptors (Lipinski definition) is 5. The van der Waals surface area contributed by atoms with Crippen molar-refractivity contribution in [1.82, 2.24) is 20.9 Å². The van der Waals surface area contributed by atoms with Crippen LogP contribution in [0, 0.1) is 0 Å². The Bertz CT molecular complexity index is 718. The number of aliphatic imine (C=N–C) groups is 1. The van der Waals surface area contributed by atoms with Gasteiger partial charge in [-0.1, -0.05) is 12.1 Å². The fraction of sp³-hybridized carbons (Fsp3) is 0.550. The molecule has 2 amide bonds. The molecule has 1 aliphatic rings. The molecule has 0 aliphatic carbocycles. The van der Waals surface area contributed by atoms with E-state index in [1.165, 1.54) is 0 Å². The molecule has 0 aromatic heterocycles. The van der Waals surface area contributed by atoms with Crippen molar-refractivity contribution < 1.29 is 14.3 Å². The number of rotatable bonds is 8. The number of morpholine rings is 1. The van der Waals surface area contributed by atoms with Gasteiger partial charge in [-0.25, -0.2) is 0 Å². The predicted molar refractivity (Wildman–Crippen MR) is 128 cm³/mol. The third-order valence-corrected chi connectivity index (χ3v) is 4.88. The summed E-state index contributed by atoms with van der Waals surface area (Å²) in [6.45, 7) is 8.97. The van der Waals surface area contributed by atoms with Gasteiger partial charge in [-0.2, -0.15) is 0 Å². The number of hydrogen-bond donors (Lipinski definition) is 4. The molecule has 2 rings (SSSR count). The molecule has 1 saturated heterocycles. The number of nitrogens with two attached hydrogens (primary N) is 1. The summed E-state index contributed by atoms with van der Waals surface area (Å²) in [4.78, 5) is 29.3. The number of ether oxygens (including phenoxy) is 1. The number of benzene rings is 1. The first-order chi connectivity index (χ1) is 13.8. The lowest BCUT2D eigenvalue weighted by Gasteiger charge is -2.41. The van der Waals surface area contributed by atoms with Crippen molar-refractivity contribution in [3.05, 3.63) is 35.4 Å². The van der Waals surface area contributed by atoms with Crippen LogP contribution in [0.5, 0.6) is 0 Å². The molecule has 1 aliphatic heterocycles. The molecule has 168 valence electrons. The van der Waals surface area contributed by atoms with E-state index in [2.05, 4.69) is 39.7 Å². The molecule has 1 fully saturated rings. The highest BCUT2D eigenvalue weighted by molar-refractivity contribution is 14.0. The summed E-state index contributed by atoms with van der Waals surface area (Å²) < 4.78 is 5.43. The van der Waals surface area contributed by atoms with E-state index >= 15 is 0 Å². The lowest BCUT2D eigenvalue weighted by atomic mass is 10.0. The first kappa shape index (κ1) is 26.1. The van der Waals surface area contributed by atoms with Crippen LogP contribution in [0.4, 0.5) is 0 Å². The van der Waals surface area contributed by atoms with Gasteiger partial charge < -0.3 is 26.4 Å². The Hall–Kier alpha value is -1.92. The number of carbonyl (C=O) groups is 2. The lowest BCUT2D eigenvalue weighted by molar-refractivity contribution is -0.117. The number of nitrogens with zero attached hydrogens (tertiary/aromatic N) is 2. The van der Waals surface area contributed by atoms with Gasteiger partial charge in [0.25, 0.3) is 5.91 Å². The number of carbonyl (C=O) groups excluding carboxylic acids is 2. The summed E-state index contributed by atoms with van der Waals surface area (Å²) >= 11 is 0. The number of guanidine groups is 1. The van der Waals surface area contributed by atoms with Crippen LogP contribution in [0.1, 0.15) is 29.8 Å². The average molecular weight is 532 g/mol. The first-order valence-electron chi connectivity index (χ1n) is 9.74. The minimum absolute atomic E-state index is 0. The Balaban J connectivity index is 0.00000450. The average Bonchev–Trinajstić information content (AvgIpc) is 2.73. The second-order valence-corrected chi connectivity index (χ2v) is 7.54. The third-order valence-electron chi connectivity index (χ3n) is 4.88. The summed E-state index contributed by atoms with van der Waals surface area (Å²) in [6.07, 6.45) is 0. The number of primary amides is 1. The van der Waals surface area contributed by atoms with E-state index in [-0.39, 0.29) is 42.0 Å². The zero-order valence-electron chi connectivity index (χ0n) is 17.9. The predicted octanol–water partition coefficient (Wildman–Crippen LogP) is 0.296. The SMILES string of the molecule is CN=C(NCc1ccc(C(=O)NCC(N)=O)cc1)NCC(C)(C)N1CCOCC1.I. The lowest BCUT2D eigenvalue weighted by Crippen LogP contribution is -2.56. The van der Waals surface area contributed by atoms with Crippen molar-refractivity contribution in [3.8, 4) is 0 Å². The van der Waals surface area contributed by atoms with Crippen molar-refractivity contribution >= 4 is 41.8 Å². The normalized spacial score (nSPS) is 15.1. The van der Waals surface area contributed by atoms with Gasteiger partial charge >= 0.3 is 0 Å². The fourth-order valence-corrected chi connectivity index (χ4v) is 3.03. The van der Waals surface area contributed by atoms with E-state index in [1.54, 1.807) is 19.2 Å². The molecule has 1 heterocycles. The summed E-state index contributed by atoms with van der Waals surface area (Å²) in [7, 11) is 1.74. The van der Waals surface area contributed by atoms with Crippen LogP contribution in [-0.4, -0.2) is 74.7 Å². The smallest absolute Gasteiger partial charge is 0.251 e. The molecular weight excluding hydrogens is 499 g/mol. The van der Waals surface area contributed by atoms with E-state index in [0.717, 1.165) is 44.4 Å². The van der Waals surface area contributed by atoms with Crippen molar-refractivity contribution in [1.29, 1.82) is 0 Å². The van der Waals surface area contributed by atoms with Crippen LogP contribution in [-0.2, 0) is 16.1 Å². The van der Waals surface area contributed by atoms with Gasteiger partial charge in [0.1, 0.15) is 0 Å². The number of halogens is 1. The van der Waals surface area contributed by atoms with Gasteiger partial charge in [-0.3, -0.25) is 19.5 Å². The summed E-state index contributed by atoms with van der Waals surface area (Å²) in [5.74, 6) is -0.185. The van der Waals surface area contributed by atoms with Crippen LogP contribution < -0.4 is 21.7 Å².